The number of thiazole rings is 1. The van der Waals surface area contributed by atoms with E-state index in [-0.39, 0.29) is 19.1 Å². The van der Waals surface area contributed by atoms with Crippen LogP contribution in [0.3, 0.4) is 0 Å². The van der Waals surface area contributed by atoms with Crippen molar-refractivity contribution in [1.29, 1.82) is 0 Å². The fraction of sp³-hybridized carbons (Fsp3) is 0.348. The lowest BCUT2D eigenvalue weighted by Crippen LogP contribution is -2.40. The molecule has 30 heavy (non-hydrogen) atoms. The van der Waals surface area contributed by atoms with Crippen LogP contribution < -0.4 is 4.74 Å². The molecule has 0 unspecified atom stereocenters. The van der Waals surface area contributed by atoms with Crippen LogP contribution in [-0.2, 0) is 9.53 Å². The SMILES string of the molecule is CCOC(=O)c1ccccc1OCC(=O)N1CCC(c2nc3ccccc3s2)CC1. The molecule has 0 radical (unpaired) electrons. The summed E-state index contributed by atoms with van der Waals surface area (Å²) in [6.45, 7) is 3.31. The number of nitrogens with zero attached hydrogens (tertiary/aromatic N) is 2. The first kappa shape index (κ1) is 20.3. The molecular weight excluding hydrogens is 400 g/mol. The summed E-state index contributed by atoms with van der Waals surface area (Å²) in [5, 5.41) is 1.16. The van der Waals surface area contributed by atoms with Gasteiger partial charge in [-0.25, -0.2) is 9.78 Å². The van der Waals surface area contributed by atoms with Crippen LogP contribution in [0.2, 0.25) is 0 Å². The van der Waals surface area contributed by atoms with Gasteiger partial charge in [-0.3, -0.25) is 4.79 Å². The maximum Gasteiger partial charge on any atom is 0.341 e. The summed E-state index contributed by atoms with van der Waals surface area (Å²) in [6, 6.07) is 15.0. The van der Waals surface area contributed by atoms with Gasteiger partial charge < -0.3 is 14.4 Å². The minimum atomic E-state index is -0.447. The van der Waals surface area contributed by atoms with Crippen LogP contribution in [0, 0.1) is 0 Å². The van der Waals surface area contributed by atoms with Crippen molar-refractivity contribution in [3.63, 3.8) is 0 Å². The Morgan fingerprint density at radius 1 is 1.10 bits per heavy atom. The minimum absolute atomic E-state index is 0.0728. The number of rotatable bonds is 6. The molecule has 0 N–H and O–H groups in total. The van der Waals surface area contributed by atoms with Crippen molar-refractivity contribution in [1.82, 2.24) is 9.88 Å². The van der Waals surface area contributed by atoms with Crippen LogP contribution in [0.15, 0.2) is 48.5 Å². The normalized spacial score (nSPS) is 14.6. The number of piperidine rings is 1. The van der Waals surface area contributed by atoms with Crippen LogP contribution in [0.4, 0.5) is 0 Å². The van der Waals surface area contributed by atoms with Gasteiger partial charge in [0.15, 0.2) is 6.61 Å². The molecule has 4 rings (SSSR count). The van der Waals surface area contributed by atoms with E-state index in [1.54, 1.807) is 42.5 Å². The molecule has 2 aromatic carbocycles. The first-order valence-electron chi connectivity index (χ1n) is 10.2. The number of aromatic nitrogens is 1. The second-order valence-electron chi connectivity index (χ2n) is 7.18. The Hall–Kier alpha value is -2.93. The van der Waals surface area contributed by atoms with E-state index in [4.69, 9.17) is 14.5 Å². The molecule has 0 spiro atoms. The van der Waals surface area contributed by atoms with Crippen molar-refractivity contribution >= 4 is 33.4 Å². The number of benzene rings is 2. The van der Waals surface area contributed by atoms with E-state index in [9.17, 15) is 9.59 Å². The molecule has 3 aromatic rings. The quantitative estimate of drug-likeness (QED) is 0.553. The molecule has 1 aliphatic rings. The molecule has 156 valence electrons. The Morgan fingerprint density at radius 3 is 2.60 bits per heavy atom. The highest BCUT2D eigenvalue weighted by Gasteiger charge is 2.26. The van der Waals surface area contributed by atoms with Crippen LogP contribution in [0.1, 0.15) is 41.0 Å². The highest BCUT2D eigenvalue weighted by Crippen LogP contribution is 2.33. The average Bonchev–Trinajstić information content (AvgIpc) is 3.22. The van der Waals surface area contributed by atoms with Crippen molar-refractivity contribution in [3.05, 3.63) is 59.1 Å². The Morgan fingerprint density at radius 2 is 1.83 bits per heavy atom. The summed E-state index contributed by atoms with van der Waals surface area (Å²) in [6.07, 6.45) is 1.79. The second kappa shape index (κ2) is 9.26. The molecule has 0 saturated carbocycles. The standard InChI is InChI=1S/C23H24N2O4S/c1-2-28-23(27)17-7-3-5-9-19(17)29-15-21(26)25-13-11-16(12-14-25)22-24-18-8-4-6-10-20(18)30-22/h3-10,16H,2,11-15H2,1H3. The molecule has 1 amide bonds. The van der Waals surface area contributed by atoms with Crippen LogP contribution in [-0.4, -0.2) is 48.1 Å². The van der Waals surface area contributed by atoms with Crippen LogP contribution >= 0.6 is 11.3 Å². The molecular formula is C23H24N2O4S. The van der Waals surface area contributed by atoms with Crippen molar-refractivity contribution in [3.8, 4) is 5.75 Å². The average molecular weight is 425 g/mol. The number of hydrogen-bond acceptors (Lipinski definition) is 6. The van der Waals surface area contributed by atoms with Gasteiger partial charge in [0.25, 0.3) is 5.91 Å². The van der Waals surface area contributed by atoms with Crippen LogP contribution in [0.5, 0.6) is 5.75 Å². The molecule has 0 bridgehead atoms. The molecule has 6 nitrogen and oxygen atoms in total. The van der Waals surface area contributed by atoms with Crippen molar-refractivity contribution in [2.75, 3.05) is 26.3 Å². The van der Waals surface area contributed by atoms with Gasteiger partial charge in [-0.05, 0) is 44.0 Å². The molecule has 1 saturated heterocycles. The zero-order valence-electron chi connectivity index (χ0n) is 16.9. The molecule has 1 fully saturated rings. The van der Waals surface area contributed by atoms with Crippen molar-refractivity contribution in [2.45, 2.75) is 25.7 Å². The fourth-order valence-corrected chi connectivity index (χ4v) is 4.78. The minimum Gasteiger partial charge on any atom is -0.483 e. The number of carbonyl (C=O) groups is 2. The monoisotopic (exact) mass is 424 g/mol. The number of ether oxygens (including phenoxy) is 2. The Bertz CT molecular complexity index is 1010. The van der Waals surface area contributed by atoms with E-state index in [0.29, 0.717) is 30.3 Å². The summed E-state index contributed by atoms with van der Waals surface area (Å²) < 4.78 is 11.9. The summed E-state index contributed by atoms with van der Waals surface area (Å²) in [7, 11) is 0. The van der Waals surface area contributed by atoms with Gasteiger partial charge in [0, 0.05) is 19.0 Å². The van der Waals surface area contributed by atoms with Crippen molar-refractivity contribution in [2.24, 2.45) is 0 Å². The zero-order valence-corrected chi connectivity index (χ0v) is 17.7. The van der Waals surface area contributed by atoms with E-state index >= 15 is 0 Å². The number of amides is 1. The Balaban J connectivity index is 1.32. The molecule has 0 atom stereocenters. The van der Waals surface area contributed by atoms with Gasteiger partial charge in [-0.1, -0.05) is 24.3 Å². The summed E-state index contributed by atoms with van der Waals surface area (Å²) in [5.74, 6) is 0.235. The lowest BCUT2D eigenvalue weighted by atomic mass is 9.97. The largest absolute Gasteiger partial charge is 0.483 e. The number of esters is 1. The molecule has 0 aliphatic carbocycles. The third-order valence-corrected chi connectivity index (χ3v) is 6.44. The topological polar surface area (TPSA) is 68.7 Å². The van der Waals surface area contributed by atoms with Crippen molar-refractivity contribution < 1.29 is 19.1 Å². The third-order valence-electron chi connectivity index (χ3n) is 5.24. The molecule has 1 aromatic heterocycles. The summed E-state index contributed by atoms with van der Waals surface area (Å²) >= 11 is 1.75. The van der Waals surface area contributed by atoms with Gasteiger partial charge in [-0.15, -0.1) is 11.3 Å². The first-order valence-corrected chi connectivity index (χ1v) is 11.0. The van der Waals surface area contributed by atoms with E-state index in [0.717, 1.165) is 23.4 Å². The van der Waals surface area contributed by atoms with E-state index in [2.05, 4.69) is 6.07 Å². The maximum absolute atomic E-state index is 12.6. The van der Waals surface area contributed by atoms with Gasteiger partial charge in [0.2, 0.25) is 0 Å². The summed E-state index contributed by atoms with van der Waals surface area (Å²) in [4.78, 5) is 31.3. The number of likely N-dealkylation sites (tertiary alicyclic amines) is 1. The van der Waals surface area contributed by atoms with E-state index in [1.165, 1.54) is 4.70 Å². The fourth-order valence-electron chi connectivity index (χ4n) is 3.64. The van der Waals surface area contributed by atoms with Crippen LogP contribution in [0.25, 0.3) is 10.2 Å². The predicted octanol–water partition coefficient (Wildman–Crippen LogP) is 4.26. The third kappa shape index (κ3) is 4.46. The molecule has 1 aliphatic heterocycles. The number of hydrogen-bond donors (Lipinski definition) is 0. The maximum atomic E-state index is 12.6. The number of fused-ring (bicyclic) bond motifs is 1. The summed E-state index contributed by atoms with van der Waals surface area (Å²) in [5.41, 5.74) is 1.38. The van der Waals surface area contributed by atoms with E-state index in [1.807, 2.05) is 23.1 Å². The van der Waals surface area contributed by atoms with Gasteiger partial charge in [-0.2, -0.15) is 0 Å². The smallest absolute Gasteiger partial charge is 0.341 e. The van der Waals surface area contributed by atoms with Gasteiger partial charge >= 0.3 is 5.97 Å². The molecule has 2 heterocycles. The number of para-hydroxylation sites is 2. The van der Waals surface area contributed by atoms with E-state index < -0.39 is 5.97 Å². The highest BCUT2D eigenvalue weighted by molar-refractivity contribution is 7.18. The van der Waals surface area contributed by atoms with Gasteiger partial charge in [0.1, 0.15) is 11.3 Å². The lowest BCUT2D eigenvalue weighted by Gasteiger charge is -2.31. The van der Waals surface area contributed by atoms with Gasteiger partial charge in [0.05, 0.1) is 21.8 Å². The highest BCUT2D eigenvalue weighted by atomic mass is 32.1. The predicted molar refractivity (Wildman–Crippen MR) is 116 cm³/mol. The molecule has 7 heteroatoms. The first-order chi connectivity index (χ1) is 14.7. The lowest BCUT2D eigenvalue weighted by molar-refractivity contribution is -0.134. The number of carbonyl (C=O) groups excluding carboxylic acids is 2. The zero-order chi connectivity index (χ0) is 20.9. The Kier molecular flexibility index (Phi) is 6.28. The second-order valence-corrected chi connectivity index (χ2v) is 8.24. The Labute approximate surface area is 179 Å².